The number of benzene rings is 2. The number of fused-ring (bicyclic) bond motifs is 1. The number of amides is 2. The highest BCUT2D eigenvalue weighted by atomic mass is 19.1. The quantitative estimate of drug-likeness (QED) is 0.763. The van der Waals surface area contributed by atoms with Gasteiger partial charge >= 0.3 is 0 Å². The summed E-state index contributed by atoms with van der Waals surface area (Å²) in [7, 11) is 1.84. The number of hydrogen-bond acceptors (Lipinski definition) is 3. The van der Waals surface area contributed by atoms with E-state index in [9.17, 15) is 14.0 Å². The van der Waals surface area contributed by atoms with Gasteiger partial charge in [-0.3, -0.25) is 14.5 Å². The predicted octanol–water partition coefficient (Wildman–Crippen LogP) is 2.94. The van der Waals surface area contributed by atoms with Crippen LogP contribution in [0.1, 0.15) is 24.1 Å². The Bertz CT molecular complexity index is 920. The normalized spacial score (nSPS) is 23.1. The number of hydrogen-bond donors (Lipinski definition) is 0. The van der Waals surface area contributed by atoms with E-state index >= 15 is 0 Å². The Kier molecular flexibility index (Phi) is 5.86. The second-order valence-electron chi connectivity index (χ2n) is 8.51. The van der Waals surface area contributed by atoms with E-state index in [0.29, 0.717) is 37.7 Å². The molecular weight excluding hydrogens is 381 g/mol. The summed E-state index contributed by atoms with van der Waals surface area (Å²) in [5.41, 5.74) is 1.72. The second kappa shape index (κ2) is 8.56. The van der Waals surface area contributed by atoms with Crippen molar-refractivity contribution in [2.24, 2.45) is 11.8 Å². The minimum atomic E-state index is -0.248. The maximum Gasteiger partial charge on any atom is 0.236 e. The van der Waals surface area contributed by atoms with Crippen LogP contribution in [0.25, 0.3) is 0 Å². The predicted molar refractivity (Wildman–Crippen MR) is 113 cm³/mol. The number of likely N-dealkylation sites (tertiary alicyclic amines) is 2. The molecule has 0 aromatic heterocycles. The first-order valence-electron chi connectivity index (χ1n) is 10.5. The van der Waals surface area contributed by atoms with E-state index in [4.69, 9.17) is 0 Å². The fourth-order valence-electron chi connectivity index (χ4n) is 4.95. The molecule has 2 amide bonds. The first kappa shape index (κ1) is 20.5. The molecular formula is C24H28FN3O2. The smallest absolute Gasteiger partial charge is 0.236 e. The Morgan fingerprint density at radius 2 is 1.73 bits per heavy atom. The largest absolute Gasteiger partial charge is 0.341 e. The SMILES string of the molecule is CC(=O)N1C[C@H]2CN(C(=O)CN(C)Cc3ccccc3F)C[C@H]2[C@H]1c1ccccc1. The van der Waals surface area contributed by atoms with E-state index in [-0.39, 0.29) is 36.1 Å². The number of rotatable bonds is 5. The molecule has 30 heavy (non-hydrogen) atoms. The third kappa shape index (κ3) is 4.10. The van der Waals surface area contributed by atoms with Crippen LogP contribution < -0.4 is 0 Å². The van der Waals surface area contributed by atoms with Gasteiger partial charge in [0.25, 0.3) is 0 Å². The average Bonchev–Trinajstić information content (AvgIpc) is 3.28. The molecule has 2 aliphatic heterocycles. The van der Waals surface area contributed by atoms with Gasteiger partial charge in [0.2, 0.25) is 11.8 Å². The summed E-state index contributed by atoms with van der Waals surface area (Å²) >= 11 is 0. The first-order valence-corrected chi connectivity index (χ1v) is 10.5. The summed E-state index contributed by atoms with van der Waals surface area (Å²) in [6, 6.07) is 16.8. The third-order valence-electron chi connectivity index (χ3n) is 6.37. The Morgan fingerprint density at radius 1 is 1.03 bits per heavy atom. The van der Waals surface area contributed by atoms with Crippen LogP contribution in [0.2, 0.25) is 0 Å². The van der Waals surface area contributed by atoms with Crippen LogP contribution >= 0.6 is 0 Å². The lowest BCUT2D eigenvalue weighted by molar-refractivity contribution is -0.132. The van der Waals surface area contributed by atoms with Gasteiger partial charge in [-0.2, -0.15) is 0 Å². The van der Waals surface area contributed by atoms with Gasteiger partial charge in [-0.05, 0) is 18.7 Å². The summed E-state index contributed by atoms with van der Waals surface area (Å²) in [6.45, 7) is 4.28. The number of likely N-dealkylation sites (N-methyl/N-ethyl adjacent to an activating group) is 1. The van der Waals surface area contributed by atoms with E-state index in [2.05, 4.69) is 12.1 Å². The molecule has 0 spiro atoms. The summed E-state index contributed by atoms with van der Waals surface area (Å²) in [5, 5.41) is 0. The molecule has 0 bridgehead atoms. The summed E-state index contributed by atoms with van der Waals surface area (Å²) in [5.74, 6) is 0.435. The van der Waals surface area contributed by atoms with Crippen molar-refractivity contribution in [2.75, 3.05) is 33.2 Å². The molecule has 2 fully saturated rings. The first-order chi connectivity index (χ1) is 14.4. The number of halogens is 1. The number of carbonyl (C=O) groups excluding carboxylic acids is 2. The second-order valence-corrected chi connectivity index (χ2v) is 8.51. The molecule has 2 aliphatic rings. The summed E-state index contributed by atoms with van der Waals surface area (Å²) in [6.07, 6.45) is 0. The molecule has 2 heterocycles. The Morgan fingerprint density at radius 3 is 2.43 bits per heavy atom. The minimum Gasteiger partial charge on any atom is -0.341 e. The molecule has 2 saturated heterocycles. The van der Waals surface area contributed by atoms with Crippen molar-refractivity contribution in [3.63, 3.8) is 0 Å². The minimum absolute atomic E-state index is 0.0163. The molecule has 5 nitrogen and oxygen atoms in total. The van der Waals surface area contributed by atoms with Gasteiger partial charge in [0.1, 0.15) is 5.82 Å². The zero-order valence-electron chi connectivity index (χ0n) is 17.5. The van der Waals surface area contributed by atoms with Crippen LogP contribution in [0, 0.1) is 17.7 Å². The monoisotopic (exact) mass is 409 g/mol. The van der Waals surface area contributed by atoms with Crippen molar-refractivity contribution in [3.05, 3.63) is 71.5 Å². The van der Waals surface area contributed by atoms with Crippen molar-refractivity contribution in [2.45, 2.75) is 19.5 Å². The Hall–Kier alpha value is -2.73. The molecule has 3 atom stereocenters. The standard InChI is InChI=1S/C24H28FN3O2/c1-17(29)28-14-20-13-27(15-21(20)24(28)18-8-4-3-5-9-18)23(30)16-26(2)12-19-10-6-7-11-22(19)25/h3-11,20-21,24H,12-16H2,1-2H3/t20-,21-,24-/m1/s1. The highest BCUT2D eigenvalue weighted by Gasteiger charge is 2.49. The molecule has 0 radical (unpaired) electrons. The van der Waals surface area contributed by atoms with E-state index < -0.39 is 0 Å². The summed E-state index contributed by atoms with van der Waals surface area (Å²) in [4.78, 5) is 30.9. The highest BCUT2D eigenvalue weighted by Crippen LogP contribution is 2.44. The molecule has 0 aliphatic carbocycles. The van der Waals surface area contributed by atoms with E-state index in [1.807, 2.05) is 39.9 Å². The van der Waals surface area contributed by atoms with Gasteiger partial charge in [0, 0.05) is 50.5 Å². The van der Waals surface area contributed by atoms with E-state index in [1.165, 1.54) is 6.07 Å². The van der Waals surface area contributed by atoms with Crippen molar-refractivity contribution in [1.82, 2.24) is 14.7 Å². The molecule has 2 aromatic rings. The van der Waals surface area contributed by atoms with Gasteiger partial charge in [-0.25, -0.2) is 4.39 Å². The molecule has 4 rings (SSSR count). The third-order valence-corrected chi connectivity index (χ3v) is 6.37. The van der Waals surface area contributed by atoms with Crippen LogP contribution in [-0.4, -0.2) is 59.7 Å². The lowest BCUT2D eigenvalue weighted by atomic mass is 9.89. The molecule has 0 saturated carbocycles. The summed E-state index contributed by atoms with van der Waals surface area (Å²) < 4.78 is 13.9. The van der Waals surface area contributed by atoms with Gasteiger partial charge in [0.05, 0.1) is 12.6 Å². The molecule has 2 aromatic carbocycles. The van der Waals surface area contributed by atoms with Crippen LogP contribution in [0.5, 0.6) is 0 Å². The maximum atomic E-state index is 13.9. The Labute approximate surface area is 177 Å². The van der Waals surface area contributed by atoms with Crippen LogP contribution in [-0.2, 0) is 16.1 Å². The maximum absolute atomic E-state index is 13.9. The number of nitrogens with zero attached hydrogens (tertiary/aromatic N) is 3. The zero-order chi connectivity index (χ0) is 21.3. The van der Waals surface area contributed by atoms with Crippen molar-refractivity contribution >= 4 is 11.8 Å². The zero-order valence-corrected chi connectivity index (χ0v) is 17.5. The van der Waals surface area contributed by atoms with Crippen molar-refractivity contribution < 1.29 is 14.0 Å². The van der Waals surface area contributed by atoms with Crippen LogP contribution in [0.3, 0.4) is 0 Å². The van der Waals surface area contributed by atoms with Gasteiger partial charge in [-0.1, -0.05) is 48.5 Å². The van der Waals surface area contributed by atoms with Crippen LogP contribution in [0.15, 0.2) is 54.6 Å². The fraction of sp³-hybridized carbons (Fsp3) is 0.417. The molecule has 6 heteroatoms. The van der Waals surface area contributed by atoms with Gasteiger partial charge in [-0.15, -0.1) is 0 Å². The van der Waals surface area contributed by atoms with E-state index in [1.54, 1.807) is 25.1 Å². The van der Waals surface area contributed by atoms with Crippen LogP contribution in [0.4, 0.5) is 4.39 Å². The number of carbonyl (C=O) groups is 2. The average molecular weight is 410 g/mol. The lowest BCUT2D eigenvalue weighted by Crippen LogP contribution is -2.40. The topological polar surface area (TPSA) is 43.9 Å². The van der Waals surface area contributed by atoms with Crippen molar-refractivity contribution in [1.29, 1.82) is 0 Å². The molecule has 158 valence electrons. The van der Waals surface area contributed by atoms with Crippen molar-refractivity contribution in [3.8, 4) is 0 Å². The lowest BCUT2D eigenvalue weighted by Gasteiger charge is -2.29. The Balaban J connectivity index is 1.41. The van der Waals surface area contributed by atoms with Gasteiger partial charge in [0.15, 0.2) is 0 Å². The molecule has 0 N–H and O–H groups in total. The van der Waals surface area contributed by atoms with E-state index in [0.717, 1.165) is 5.56 Å². The molecule has 0 unspecified atom stereocenters. The fourth-order valence-corrected chi connectivity index (χ4v) is 4.95. The highest BCUT2D eigenvalue weighted by molar-refractivity contribution is 5.79. The van der Waals surface area contributed by atoms with Gasteiger partial charge < -0.3 is 9.80 Å².